The van der Waals surface area contributed by atoms with Crippen LogP contribution in [0.15, 0.2) is 30.6 Å². The molecule has 1 unspecified atom stereocenters. The zero-order valence-corrected chi connectivity index (χ0v) is 14.7. The van der Waals surface area contributed by atoms with Gasteiger partial charge < -0.3 is 15.0 Å². The van der Waals surface area contributed by atoms with Crippen molar-refractivity contribution in [1.29, 1.82) is 0 Å². The molecule has 0 radical (unpaired) electrons. The van der Waals surface area contributed by atoms with Gasteiger partial charge in [0.25, 0.3) is 0 Å². The van der Waals surface area contributed by atoms with Crippen molar-refractivity contribution in [3.8, 4) is 0 Å². The van der Waals surface area contributed by atoms with Crippen LogP contribution >= 0.6 is 11.3 Å². The van der Waals surface area contributed by atoms with Gasteiger partial charge in [0.05, 0.1) is 17.6 Å². The summed E-state index contributed by atoms with van der Waals surface area (Å²) in [5.41, 5.74) is 3.04. The van der Waals surface area contributed by atoms with Gasteiger partial charge in [0, 0.05) is 49.5 Å². The normalized spacial score (nSPS) is 18.5. The Balaban J connectivity index is 1.43. The van der Waals surface area contributed by atoms with Gasteiger partial charge in [-0.15, -0.1) is 11.3 Å². The van der Waals surface area contributed by atoms with Crippen LogP contribution in [-0.2, 0) is 16.1 Å². The number of amides is 1. The summed E-state index contributed by atoms with van der Waals surface area (Å²) in [5.74, 6) is -0.0974. The maximum atomic E-state index is 11.1. The van der Waals surface area contributed by atoms with Gasteiger partial charge in [-0.1, -0.05) is 0 Å². The fraction of sp³-hybridized carbons (Fsp3) is 0.353. The van der Waals surface area contributed by atoms with Crippen LogP contribution < -0.4 is 5.32 Å². The van der Waals surface area contributed by atoms with Gasteiger partial charge in [0.1, 0.15) is 6.10 Å². The lowest BCUT2D eigenvalue weighted by Gasteiger charge is -2.32. The van der Waals surface area contributed by atoms with E-state index in [2.05, 4.69) is 31.2 Å². The van der Waals surface area contributed by atoms with Crippen molar-refractivity contribution in [2.24, 2.45) is 0 Å². The van der Waals surface area contributed by atoms with Crippen molar-refractivity contribution in [1.82, 2.24) is 19.9 Å². The molecule has 4 heterocycles. The number of carbonyl (C=O) groups is 1. The summed E-state index contributed by atoms with van der Waals surface area (Å²) in [4.78, 5) is 26.6. The lowest BCUT2D eigenvalue weighted by Crippen LogP contribution is -2.37. The Morgan fingerprint density at radius 3 is 3.28 bits per heavy atom. The third-order valence-corrected chi connectivity index (χ3v) is 5.02. The Hall–Kier alpha value is -2.29. The number of H-pyrrole nitrogens is 1. The van der Waals surface area contributed by atoms with Gasteiger partial charge in [0.2, 0.25) is 5.91 Å². The second-order valence-electron chi connectivity index (χ2n) is 6.07. The van der Waals surface area contributed by atoms with Crippen molar-refractivity contribution in [3.63, 3.8) is 0 Å². The number of carbonyl (C=O) groups excluding carboxylic acids is 1. The molecule has 1 saturated heterocycles. The summed E-state index contributed by atoms with van der Waals surface area (Å²) >= 11 is 1.51. The summed E-state index contributed by atoms with van der Waals surface area (Å²) in [6.07, 6.45) is 3.63. The van der Waals surface area contributed by atoms with E-state index in [0.29, 0.717) is 11.7 Å². The minimum absolute atomic E-state index is 0.00527. The topological polar surface area (TPSA) is 83.1 Å². The quantitative estimate of drug-likeness (QED) is 0.750. The predicted molar refractivity (Wildman–Crippen MR) is 96.5 cm³/mol. The van der Waals surface area contributed by atoms with Crippen molar-refractivity contribution in [3.05, 3.63) is 41.2 Å². The van der Waals surface area contributed by atoms with Crippen LogP contribution in [0.2, 0.25) is 0 Å². The van der Waals surface area contributed by atoms with Gasteiger partial charge >= 0.3 is 0 Å². The van der Waals surface area contributed by atoms with Gasteiger partial charge in [-0.3, -0.25) is 14.7 Å². The maximum absolute atomic E-state index is 11.1. The van der Waals surface area contributed by atoms with Gasteiger partial charge in [-0.25, -0.2) is 4.98 Å². The van der Waals surface area contributed by atoms with Crippen LogP contribution in [0.1, 0.15) is 23.6 Å². The number of nitrogens with zero attached hydrogens (tertiary/aromatic N) is 3. The van der Waals surface area contributed by atoms with Crippen molar-refractivity contribution in [2.75, 3.05) is 25.0 Å². The van der Waals surface area contributed by atoms with E-state index in [9.17, 15) is 4.79 Å². The zero-order valence-electron chi connectivity index (χ0n) is 13.9. The van der Waals surface area contributed by atoms with Gasteiger partial charge in [0.15, 0.2) is 5.13 Å². The summed E-state index contributed by atoms with van der Waals surface area (Å²) < 4.78 is 5.95. The van der Waals surface area contributed by atoms with Crippen LogP contribution in [-0.4, -0.2) is 45.5 Å². The standard InChI is InChI=1S/C17H19N5O2S/c1-11(23)20-17-19-8-12(25-17)9-22-5-6-24-16(10-22)15-7-14-13(21-15)3-2-4-18-14/h2-4,7-8,16,21H,5-6,9-10H2,1H3,(H,19,20,23). The lowest BCUT2D eigenvalue weighted by molar-refractivity contribution is -0.114. The van der Waals surface area contributed by atoms with E-state index >= 15 is 0 Å². The van der Waals surface area contributed by atoms with Crippen LogP contribution in [0.3, 0.4) is 0 Å². The van der Waals surface area contributed by atoms with E-state index < -0.39 is 0 Å². The number of fused-ring (bicyclic) bond motifs is 1. The SMILES string of the molecule is CC(=O)Nc1ncc(CN2CCOC(c3cc4ncccc4[nH]3)C2)s1. The number of rotatable bonds is 4. The molecule has 130 valence electrons. The number of aromatic amines is 1. The van der Waals surface area contributed by atoms with Gasteiger partial charge in [-0.05, 0) is 18.2 Å². The van der Waals surface area contributed by atoms with Crippen LogP contribution in [0.4, 0.5) is 5.13 Å². The molecule has 1 fully saturated rings. The molecule has 1 aliphatic heterocycles. The second-order valence-corrected chi connectivity index (χ2v) is 7.18. The third-order valence-electron chi connectivity index (χ3n) is 4.12. The number of aromatic nitrogens is 3. The lowest BCUT2D eigenvalue weighted by atomic mass is 10.2. The molecule has 1 atom stereocenters. The molecule has 1 aliphatic rings. The van der Waals surface area contributed by atoms with E-state index in [4.69, 9.17) is 4.74 Å². The molecular formula is C17H19N5O2S. The average molecular weight is 357 g/mol. The van der Waals surface area contributed by atoms with Crippen molar-refractivity contribution >= 4 is 33.4 Å². The fourth-order valence-corrected chi connectivity index (χ4v) is 3.90. The van der Waals surface area contributed by atoms with Crippen molar-refractivity contribution < 1.29 is 9.53 Å². The molecule has 8 heteroatoms. The minimum Gasteiger partial charge on any atom is -0.369 e. The highest BCUT2D eigenvalue weighted by Crippen LogP contribution is 2.26. The maximum Gasteiger partial charge on any atom is 0.223 e. The first-order chi connectivity index (χ1) is 12.2. The number of thiazole rings is 1. The van der Waals surface area contributed by atoms with E-state index in [-0.39, 0.29) is 12.0 Å². The first kappa shape index (κ1) is 16.2. The Morgan fingerprint density at radius 1 is 1.52 bits per heavy atom. The van der Waals surface area contributed by atoms with E-state index in [1.165, 1.54) is 18.3 Å². The Bertz CT molecular complexity index is 857. The number of anilines is 1. The van der Waals surface area contributed by atoms with Gasteiger partial charge in [-0.2, -0.15) is 0 Å². The molecule has 0 aliphatic carbocycles. The summed E-state index contributed by atoms with van der Waals surface area (Å²) in [7, 11) is 0. The first-order valence-corrected chi connectivity index (χ1v) is 8.99. The summed E-state index contributed by atoms with van der Waals surface area (Å²) in [6, 6.07) is 6.01. The Kier molecular flexibility index (Phi) is 4.48. The molecular weight excluding hydrogens is 338 g/mol. The minimum atomic E-state index is -0.0974. The molecule has 4 rings (SSSR count). The molecule has 0 spiro atoms. The fourth-order valence-electron chi connectivity index (χ4n) is 2.99. The predicted octanol–water partition coefficient (Wildman–Crippen LogP) is 2.55. The van der Waals surface area contributed by atoms with E-state index in [0.717, 1.165) is 41.2 Å². The number of ether oxygens (including phenoxy) is 1. The highest BCUT2D eigenvalue weighted by atomic mass is 32.1. The molecule has 0 aromatic carbocycles. The van der Waals surface area contributed by atoms with Crippen molar-refractivity contribution in [2.45, 2.75) is 19.6 Å². The molecule has 0 saturated carbocycles. The highest BCUT2D eigenvalue weighted by Gasteiger charge is 2.24. The Morgan fingerprint density at radius 2 is 2.44 bits per heavy atom. The molecule has 3 aromatic rings. The zero-order chi connectivity index (χ0) is 17.2. The van der Waals surface area contributed by atoms with Crippen LogP contribution in [0.25, 0.3) is 11.0 Å². The number of pyridine rings is 1. The number of hydrogen-bond donors (Lipinski definition) is 2. The summed E-state index contributed by atoms with van der Waals surface area (Å²) in [6.45, 7) is 4.66. The van der Waals surface area contributed by atoms with E-state index in [1.54, 1.807) is 6.20 Å². The number of hydrogen-bond acceptors (Lipinski definition) is 6. The third kappa shape index (κ3) is 3.71. The first-order valence-electron chi connectivity index (χ1n) is 8.17. The molecule has 1 amide bonds. The molecule has 0 bridgehead atoms. The average Bonchev–Trinajstić information content (AvgIpc) is 3.21. The Labute approximate surface area is 149 Å². The van der Waals surface area contributed by atoms with Crippen LogP contribution in [0, 0.1) is 0 Å². The number of nitrogens with one attached hydrogen (secondary N) is 2. The second kappa shape index (κ2) is 6.91. The highest BCUT2D eigenvalue weighted by molar-refractivity contribution is 7.15. The van der Waals surface area contributed by atoms with Crippen LogP contribution in [0.5, 0.6) is 0 Å². The molecule has 3 aromatic heterocycles. The molecule has 7 nitrogen and oxygen atoms in total. The number of morpholine rings is 1. The molecule has 25 heavy (non-hydrogen) atoms. The largest absolute Gasteiger partial charge is 0.369 e. The summed E-state index contributed by atoms with van der Waals surface area (Å²) in [5, 5.41) is 3.37. The van der Waals surface area contributed by atoms with E-state index in [1.807, 2.05) is 18.3 Å². The smallest absolute Gasteiger partial charge is 0.223 e. The monoisotopic (exact) mass is 357 g/mol. The molecule has 2 N–H and O–H groups in total.